The quantitative estimate of drug-likeness (QED) is 0.0711. The number of hydrogen-bond acceptors (Lipinski definition) is 3. The maximum Gasteiger partial charge on any atom is 0.220 e. The van der Waals surface area contributed by atoms with Gasteiger partial charge in [-0.25, -0.2) is 0 Å². The number of aliphatic hydroxyl groups is 2. The van der Waals surface area contributed by atoms with Crippen LogP contribution in [-0.2, 0) is 4.79 Å². The van der Waals surface area contributed by atoms with Gasteiger partial charge in [0.05, 0.1) is 18.8 Å². The molecule has 0 heterocycles. The molecule has 0 aliphatic carbocycles. The fraction of sp³-hybridized carbons (Fsp3) is 0.848. The second kappa shape index (κ2) is 29.4. The highest BCUT2D eigenvalue weighted by atomic mass is 16.3. The van der Waals surface area contributed by atoms with E-state index in [2.05, 4.69) is 31.3 Å². The molecule has 0 bridgehead atoms. The first kappa shape index (κ1) is 35.9. The maximum atomic E-state index is 12.2. The Morgan fingerprint density at radius 3 is 1.57 bits per heavy atom. The minimum Gasteiger partial charge on any atom is -0.394 e. The van der Waals surface area contributed by atoms with Gasteiger partial charge < -0.3 is 15.5 Å². The van der Waals surface area contributed by atoms with Crippen LogP contribution in [0.2, 0.25) is 0 Å². The molecule has 0 aliphatic rings. The molecule has 1 amide bonds. The lowest BCUT2D eigenvalue weighted by atomic mass is 10.0. The standard InChI is InChI=1S/C33H63NO3/c1-3-5-7-9-11-13-15-17-19-21-23-25-27-29-33(37)34-31(30-35)32(36)28-26-24-22-20-18-16-14-12-10-8-6-4-2/h18,20,26,28,31-32,35-36H,3-17,19,21-25,27,29-30H2,1-2H3,(H,34,37)/b20-18+,28-26+. The van der Waals surface area contributed by atoms with E-state index in [4.69, 9.17) is 0 Å². The van der Waals surface area contributed by atoms with Crippen molar-refractivity contribution in [1.29, 1.82) is 0 Å². The molecule has 4 nitrogen and oxygen atoms in total. The molecule has 0 radical (unpaired) electrons. The summed E-state index contributed by atoms with van der Waals surface area (Å²) in [6.07, 6.45) is 35.3. The zero-order valence-electron chi connectivity index (χ0n) is 24.7. The Morgan fingerprint density at radius 1 is 0.622 bits per heavy atom. The fourth-order valence-corrected chi connectivity index (χ4v) is 4.66. The highest BCUT2D eigenvalue weighted by Crippen LogP contribution is 2.13. The van der Waals surface area contributed by atoms with Gasteiger partial charge in [-0.15, -0.1) is 0 Å². The highest BCUT2D eigenvalue weighted by molar-refractivity contribution is 5.76. The second-order valence-electron chi connectivity index (χ2n) is 10.9. The largest absolute Gasteiger partial charge is 0.394 e. The van der Waals surface area contributed by atoms with Gasteiger partial charge in [-0.05, 0) is 32.1 Å². The lowest BCUT2D eigenvalue weighted by Gasteiger charge is -2.19. The molecule has 0 saturated heterocycles. The topological polar surface area (TPSA) is 69.6 Å². The van der Waals surface area contributed by atoms with E-state index >= 15 is 0 Å². The molecular formula is C33H63NO3. The molecule has 0 saturated carbocycles. The van der Waals surface area contributed by atoms with Crippen LogP contribution in [-0.4, -0.2) is 34.9 Å². The smallest absolute Gasteiger partial charge is 0.220 e. The van der Waals surface area contributed by atoms with E-state index in [1.165, 1.54) is 109 Å². The SMILES string of the molecule is CCCCCCCC/C=C/CC/C=C/C(O)C(CO)NC(=O)CCCCCCCCCCCCCCC. The molecule has 0 aromatic rings. The van der Waals surface area contributed by atoms with Crippen LogP contribution in [0, 0.1) is 0 Å². The number of aliphatic hydroxyl groups excluding tert-OH is 2. The molecule has 218 valence electrons. The van der Waals surface area contributed by atoms with Crippen molar-refractivity contribution in [2.45, 2.75) is 174 Å². The van der Waals surface area contributed by atoms with Crippen molar-refractivity contribution in [1.82, 2.24) is 5.32 Å². The molecule has 37 heavy (non-hydrogen) atoms. The zero-order valence-corrected chi connectivity index (χ0v) is 24.7. The first-order valence-corrected chi connectivity index (χ1v) is 16.1. The third-order valence-electron chi connectivity index (χ3n) is 7.19. The molecular weight excluding hydrogens is 458 g/mol. The Balaban J connectivity index is 3.71. The third kappa shape index (κ3) is 26.3. The Morgan fingerprint density at radius 2 is 1.05 bits per heavy atom. The number of hydrogen-bond donors (Lipinski definition) is 3. The first-order chi connectivity index (χ1) is 18.2. The van der Waals surface area contributed by atoms with E-state index in [1.807, 2.05) is 6.08 Å². The van der Waals surface area contributed by atoms with Gasteiger partial charge in [-0.2, -0.15) is 0 Å². The number of nitrogens with one attached hydrogen (secondary N) is 1. The van der Waals surface area contributed by atoms with Crippen LogP contribution in [0.4, 0.5) is 0 Å². The van der Waals surface area contributed by atoms with Gasteiger partial charge in [0.15, 0.2) is 0 Å². The van der Waals surface area contributed by atoms with E-state index in [0.717, 1.165) is 32.1 Å². The predicted octanol–water partition coefficient (Wildman–Crippen LogP) is 8.95. The number of carbonyl (C=O) groups excluding carboxylic acids is 1. The van der Waals surface area contributed by atoms with E-state index in [0.29, 0.717) is 6.42 Å². The molecule has 4 heteroatoms. The van der Waals surface area contributed by atoms with E-state index in [1.54, 1.807) is 6.08 Å². The molecule has 3 N–H and O–H groups in total. The lowest BCUT2D eigenvalue weighted by Crippen LogP contribution is -2.45. The lowest BCUT2D eigenvalue weighted by molar-refractivity contribution is -0.123. The maximum absolute atomic E-state index is 12.2. The van der Waals surface area contributed by atoms with E-state index in [9.17, 15) is 15.0 Å². The van der Waals surface area contributed by atoms with Crippen molar-refractivity contribution >= 4 is 5.91 Å². The molecule has 0 aromatic heterocycles. The van der Waals surface area contributed by atoms with Crippen LogP contribution in [0.3, 0.4) is 0 Å². The summed E-state index contributed by atoms with van der Waals surface area (Å²) in [6, 6.07) is -0.631. The summed E-state index contributed by atoms with van der Waals surface area (Å²) in [5.41, 5.74) is 0. The number of carbonyl (C=O) groups is 1. The van der Waals surface area contributed by atoms with Gasteiger partial charge in [-0.3, -0.25) is 4.79 Å². The number of amides is 1. The summed E-state index contributed by atoms with van der Waals surface area (Å²) < 4.78 is 0. The van der Waals surface area contributed by atoms with Crippen LogP contribution >= 0.6 is 0 Å². The summed E-state index contributed by atoms with van der Waals surface area (Å²) in [6.45, 7) is 4.26. The van der Waals surface area contributed by atoms with Gasteiger partial charge in [0.25, 0.3) is 0 Å². The van der Waals surface area contributed by atoms with Crippen molar-refractivity contribution in [3.63, 3.8) is 0 Å². The van der Waals surface area contributed by atoms with Gasteiger partial charge in [0, 0.05) is 6.42 Å². The number of rotatable bonds is 28. The van der Waals surface area contributed by atoms with Crippen molar-refractivity contribution in [3.05, 3.63) is 24.3 Å². The minimum absolute atomic E-state index is 0.0767. The number of allylic oxidation sites excluding steroid dienone is 3. The van der Waals surface area contributed by atoms with Gasteiger partial charge in [-0.1, -0.05) is 147 Å². The van der Waals surface area contributed by atoms with E-state index < -0.39 is 12.1 Å². The van der Waals surface area contributed by atoms with Gasteiger partial charge >= 0.3 is 0 Å². The van der Waals surface area contributed by atoms with Crippen molar-refractivity contribution in [3.8, 4) is 0 Å². The average molecular weight is 522 g/mol. The summed E-state index contributed by atoms with van der Waals surface area (Å²) >= 11 is 0. The highest BCUT2D eigenvalue weighted by Gasteiger charge is 2.17. The summed E-state index contributed by atoms with van der Waals surface area (Å²) in [7, 11) is 0. The Kier molecular flexibility index (Phi) is 28.5. The predicted molar refractivity (Wildman–Crippen MR) is 161 cm³/mol. The van der Waals surface area contributed by atoms with Gasteiger partial charge in [0.2, 0.25) is 5.91 Å². The minimum atomic E-state index is -0.854. The monoisotopic (exact) mass is 521 g/mol. The summed E-state index contributed by atoms with van der Waals surface area (Å²) in [5.74, 6) is -0.0767. The normalized spacial score (nSPS) is 13.5. The molecule has 0 aromatic carbocycles. The van der Waals surface area contributed by atoms with Crippen molar-refractivity contribution in [2.24, 2.45) is 0 Å². The van der Waals surface area contributed by atoms with E-state index in [-0.39, 0.29) is 12.5 Å². The second-order valence-corrected chi connectivity index (χ2v) is 10.9. The van der Waals surface area contributed by atoms with Crippen LogP contribution in [0.5, 0.6) is 0 Å². The Bertz CT molecular complexity index is 532. The van der Waals surface area contributed by atoms with Crippen molar-refractivity contribution < 1.29 is 15.0 Å². The van der Waals surface area contributed by atoms with Crippen molar-refractivity contribution in [2.75, 3.05) is 6.61 Å². The zero-order chi connectivity index (χ0) is 27.2. The Labute approximate surface area is 230 Å². The Hall–Kier alpha value is -1.13. The summed E-state index contributed by atoms with van der Waals surface area (Å²) in [4.78, 5) is 12.2. The van der Waals surface area contributed by atoms with Crippen LogP contribution in [0.25, 0.3) is 0 Å². The number of unbranched alkanes of at least 4 members (excludes halogenated alkanes) is 19. The third-order valence-corrected chi connectivity index (χ3v) is 7.19. The molecule has 0 spiro atoms. The average Bonchev–Trinajstić information content (AvgIpc) is 2.90. The summed E-state index contributed by atoms with van der Waals surface area (Å²) in [5, 5.41) is 22.7. The fourth-order valence-electron chi connectivity index (χ4n) is 4.66. The molecule has 0 fully saturated rings. The van der Waals surface area contributed by atoms with Crippen LogP contribution < -0.4 is 5.32 Å². The van der Waals surface area contributed by atoms with Crippen LogP contribution in [0.15, 0.2) is 24.3 Å². The first-order valence-electron chi connectivity index (χ1n) is 16.1. The molecule has 2 atom stereocenters. The van der Waals surface area contributed by atoms with Gasteiger partial charge in [0.1, 0.15) is 0 Å². The molecule has 0 aliphatic heterocycles. The molecule has 0 rings (SSSR count). The molecule has 2 unspecified atom stereocenters. The van der Waals surface area contributed by atoms with Crippen LogP contribution in [0.1, 0.15) is 162 Å².